The topological polar surface area (TPSA) is 20.2 Å². The Morgan fingerprint density at radius 3 is 2.86 bits per heavy atom. The van der Waals surface area contributed by atoms with E-state index in [4.69, 9.17) is 0 Å². The molecule has 74 valence electrons. The Bertz CT molecular complexity index is 462. The molecule has 0 aliphatic carbocycles. The molecule has 1 aromatic carbocycles. The van der Waals surface area contributed by atoms with Gasteiger partial charge in [0.25, 0.3) is 0 Å². The van der Waals surface area contributed by atoms with Gasteiger partial charge in [-0.2, -0.15) is 0 Å². The van der Waals surface area contributed by atoms with Crippen LogP contribution in [0.1, 0.15) is 18.1 Å². The van der Waals surface area contributed by atoms with E-state index in [0.717, 1.165) is 17.1 Å². The number of benzene rings is 1. The van der Waals surface area contributed by atoms with Gasteiger partial charge in [0.15, 0.2) is 0 Å². The number of rotatable bonds is 2. The van der Waals surface area contributed by atoms with Crippen LogP contribution in [0.4, 0.5) is 0 Å². The quantitative estimate of drug-likeness (QED) is 0.816. The summed E-state index contributed by atoms with van der Waals surface area (Å²) in [6, 6.07) is 4.08. The molecule has 2 aromatic rings. The molecule has 0 saturated heterocycles. The van der Waals surface area contributed by atoms with Crippen LogP contribution in [0.25, 0.3) is 10.1 Å². The number of hydrogen-bond donors (Lipinski definition) is 1. The van der Waals surface area contributed by atoms with Crippen LogP contribution in [0.5, 0.6) is 5.75 Å². The minimum Gasteiger partial charge on any atom is -0.506 e. The molecule has 2 rings (SSSR count). The molecule has 0 saturated carbocycles. The van der Waals surface area contributed by atoms with Crippen LogP contribution in [0.3, 0.4) is 0 Å². The van der Waals surface area contributed by atoms with Crippen molar-refractivity contribution >= 4 is 37.4 Å². The highest BCUT2D eigenvalue weighted by Crippen LogP contribution is 2.35. The molecule has 0 unspecified atom stereocenters. The third-order valence-electron chi connectivity index (χ3n) is 2.42. The Morgan fingerprint density at radius 2 is 2.21 bits per heavy atom. The number of aromatic hydroxyl groups is 1. The lowest BCUT2D eigenvalue weighted by Crippen LogP contribution is -1.88. The van der Waals surface area contributed by atoms with Gasteiger partial charge in [-0.05, 0) is 23.6 Å². The van der Waals surface area contributed by atoms with Crippen molar-refractivity contribution in [2.24, 2.45) is 0 Å². The minimum absolute atomic E-state index is 0.404. The number of alkyl halides is 1. The van der Waals surface area contributed by atoms with Gasteiger partial charge in [-0.25, -0.2) is 0 Å². The molecule has 1 N–H and O–H groups in total. The molecule has 14 heavy (non-hydrogen) atoms. The largest absolute Gasteiger partial charge is 0.506 e. The summed E-state index contributed by atoms with van der Waals surface area (Å²) >= 11 is 5.11. The summed E-state index contributed by atoms with van der Waals surface area (Å²) in [7, 11) is 0. The van der Waals surface area contributed by atoms with Crippen LogP contribution >= 0.6 is 27.3 Å². The van der Waals surface area contributed by atoms with E-state index in [1.165, 1.54) is 15.8 Å². The summed E-state index contributed by atoms with van der Waals surface area (Å²) in [5, 5.41) is 13.3. The number of hydrogen-bond acceptors (Lipinski definition) is 2. The van der Waals surface area contributed by atoms with E-state index < -0.39 is 0 Å². The fraction of sp³-hybridized carbons (Fsp3) is 0.273. The first-order valence-corrected chi connectivity index (χ1v) is 6.55. The Kier molecular flexibility index (Phi) is 2.79. The average molecular weight is 271 g/mol. The van der Waals surface area contributed by atoms with Crippen LogP contribution < -0.4 is 0 Å². The first kappa shape index (κ1) is 9.99. The van der Waals surface area contributed by atoms with Crippen LogP contribution in [0.2, 0.25) is 0 Å². The van der Waals surface area contributed by atoms with Gasteiger partial charge < -0.3 is 5.11 Å². The molecule has 0 spiro atoms. The summed E-state index contributed by atoms with van der Waals surface area (Å²) in [5.74, 6) is 0.404. The minimum atomic E-state index is 0.404. The monoisotopic (exact) mass is 270 g/mol. The number of thiophene rings is 1. The highest BCUT2D eigenvalue weighted by atomic mass is 79.9. The molecular formula is C11H11BrOS. The summed E-state index contributed by atoms with van der Waals surface area (Å²) in [6.07, 6.45) is 1.01. The summed E-state index contributed by atoms with van der Waals surface area (Å²) in [6.45, 7) is 2.15. The molecular weight excluding hydrogens is 260 g/mol. The zero-order valence-corrected chi connectivity index (χ0v) is 10.3. The van der Waals surface area contributed by atoms with Crippen molar-refractivity contribution < 1.29 is 5.11 Å². The normalized spacial score (nSPS) is 11.0. The third-order valence-corrected chi connectivity index (χ3v) is 4.07. The standard InChI is InChI=1S/C11H11BrOS/c1-2-8-7(5-12)3-4-9-10(13)6-14-11(8)9/h3-4,6,13H,2,5H2,1H3. The molecule has 3 heteroatoms. The molecule has 0 fully saturated rings. The average Bonchev–Trinajstić information content (AvgIpc) is 2.59. The first-order valence-electron chi connectivity index (χ1n) is 4.54. The smallest absolute Gasteiger partial charge is 0.134 e. The SMILES string of the molecule is CCc1c(CBr)ccc2c(O)csc12. The first-order chi connectivity index (χ1) is 6.77. The van der Waals surface area contributed by atoms with E-state index in [1.807, 2.05) is 11.4 Å². The predicted octanol–water partition coefficient (Wildman–Crippen LogP) is 4.06. The molecule has 0 aliphatic heterocycles. The molecule has 1 nitrogen and oxygen atoms in total. The molecule has 0 aliphatic rings. The van der Waals surface area contributed by atoms with Gasteiger partial charge in [0.2, 0.25) is 0 Å². The fourth-order valence-electron chi connectivity index (χ4n) is 1.70. The number of aryl methyl sites for hydroxylation is 1. The highest BCUT2D eigenvalue weighted by Gasteiger charge is 2.09. The summed E-state index contributed by atoms with van der Waals surface area (Å²) < 4.78 is 1.22. The lowest BCUT2D eigenvalue weighted by atomic mass is 10.0. The third kappa shape index (κ3) is 1.44. The maximum Gasteiger partial charge on any atom is 0.134 e. The van der Waals surface area contributed by atoms with Crippen LogP contribution in [-0.2, 0) is 11.8 Å². The van der Waals surface area contributed by atoms with E-state index in [-0.39, 0.29) is 0 Å². The summed E-state index contributed by atoms with van der Waals surface area (Å²) in [4.78, 5) is 0. The van der Waals surface area contributed by atoms with Gasteiger partial charge in [-0.1, -0.05) is 28.9 Å². The van der Waals surface area contributed by atoms with Crippen molar-refractivity contribution in [2.45, 2.75) is 18.7 Å². The molecule has 1 heterocycles. The summed E-state index contributed by atoms with van der Waals surface area (Å²) in [5.41, 5.74) is 2.67. The van der Waals surface area contributed by atoms with Crippen molar-refractivity contribution in [1.82, 2.24) is 0 Å². The molecule has 0 radical (unpaired) electrons. The van der Waals surface area contributed by atoms with E-state index in [2.05, 4.69) is 28.9 Å². The fourth-order valence-corrected chi connectivity index (χ4v) is 3.30. The maximum atomic E-state index is 9.59. The van der Waals surface area contributed by atoms with Gasteiger partial charge in [0.1, 0.15) is 5.75 Å². The predicted molar refractivity (Wildman–Crippen MR) is 65.5 cm³/mol. The second kappa shape index (κ2) is 3.91. The Hall–Kier alpha value is -0.540. The van der Waals surface area contributed by atoms with Crippen molar-refractivity contribution in [3.63, 3.8) is 0 Å². The molecule has 1 aromatic heterocycles. The van der Waals surface area contributed by atoms with Crippen LogP contribution in [0, 0.1) is 0 Å². The molecule has 0 atom stereocenters. The lowest BCUT2D eigenvalue weighted by Gasteiger charge is -2.05. The van der Waals surface area contributed by atoms with Crippen LogP contribution in [-0.4, -0.2) is 5.11 Å². The van der Waals surface area contributed by atoms with Gasteiger partial charge in [0.05, 0.1) is 0 Å². The van der Waals surface area contributed by atoms with E-state index in [1.54, 1.807) is 11.3 Å². The Labute approximate surface area is 95.5 Å². The Balaban J connectivity index is 2.77. The van der Waals surface area contributed by atoms with Crippen molar-refractivity contribution in [3.05, 3.63) is 28.6 Å². The van der Waals surface area contributed by atoms with E-state index in [0.29, 0.717) is 5.75 Å². The van der Waals surface area contributed by atoms with Gasteiger partial charge >= 0.3 is 0 Å². The lowest BCUT2D eigenvalue weighted by molar-refractivity contribution is 0.483. The van der Waals surface area contributed by atoms with E-state index in [9.17, 15) is 5.11 Å². The molecule has 0 bridgehead atoms. The van der Waals surface area contributed by atoms with Gasteiger partial charge in [0, 0.05) is 20.8 Å². The van der Waals surface area contributed by atoms with Gasteiger partial charge in [-0.3, -0.25) is 0 Å². The Morgan fingerprint density at radius 1 is 1.43 bits per heavy atom. The zero-order valence-electron chi connectivity index (χ0n) is 7.88. The number of halogens is 1. The van der Waals surface area contributed by atoms with Crippen LogP contribution in [0.15, 0.2) is 17.5 Å². The maximum absolute atomic E-state index is 9.59. The number of fused-ring (bicyclic) bond motifs is 1. The second-order valence-corrected chi connectivity index (χ2v) is 4.63. The highest BCUT2D eigenvalue weighted by molar-refractivity contribution is 9.08. The van der Waals surface area contributed by atoms with Crippen molar-refractivity contribution in [2.75, 3.05) is 0 Å². The van der Waals surface area contributed by atoms with Crippen molar-refractivity contribution in [3.8, 4) is 5.75 Å². The molecule has 0 amide bonds. The van der Waals surface area contributed by atoms with E-state index >= 15 is 0 Å². The second-order valence-electron chi connectivity index (χ2n) is 3.19. The zero-order chi connectivity index (χ0) is 10.1. The van der Waals surface area contributed by atoms with Gasteiger partial charge in [-0.15, -0.1) is 11.3 Å². The van der Waals surface area contributed by atoms with Crippen molar-refractivity contribution in [1.29, 1.82) is 0 Å².